The molecule has 1 unspecified atom stereocenters. The van der Waals surface area contributed by atoms with E-state index >= 15 is 0 Å². The first-order chi connectivity index (χ1) is 13.9. The van der Waals surface area contributed by atoms with Gasteiger partial charge in [-0.25, -0.2) is 4.99 Å². The number of aromatic nitrogens is 2. The van der Waals surface area contributed by atoms with Crippen LogP contribution < -0.4 is 20.1 Å². The summed E-state index contributed by atoms with van der Waals surface area (Å²) in [7, 11) is 3.64. The van der Waals surface area contributed by atoms with Gasteiger partial charge < -0.3 is 20.1 Å². The second-order valence-corrected chi connectivity index (χ2v) is 7.14. The molecule has 2 rings (SSSR count). The lowest BCUT2D eigenvalue weighted by molar-refractivity contribution is 0.310. The van der Waals surface area contributed by atoms with Crippen molar-refractivity contribution in [1.29, 1.82) is 0 Å². The van der Waals surface area contributed by atoms with Crippen molar-refractivity contribution in [3.05, 3.63) is 40.7 Å². The minimum Gasteiger partial charge on any atom is -0.493 e. The number of aryl methyl sites for hydroxylation is 2. The molecular weight excluding hydrogens is 493 g/mol. The average molecular weight is 529 g/mol. The molecule has 1 aromatic carbocycles. The number of ether oxygens (including phenoxy) is 2. The third-order valence-electron chi connectivity index (χ3n) is 4.84. The van der Waals surface area contributed by atoms with Crippen molar-refractivity contribution >= 4 is 29.9 Å². The van der Waals surface area contributed by atoms with E-state index < -0.39 is 0 Å². The van der Waals surface area contributed by atoms with Crippen LogP contribution in [0, 0.1) is 13.8 Å². The molecule has 1 atom stereocenters. The van der Waals surface area contributed by atoms with Gasteiger partial charge in [0.2, 0.25) is 0 Å². The van der Waals surface area contributed by atoms with Gasteiger partial charge in [0.05, 0.1) is 26.0 Å². The van der Waals surface area contributed by atoms with Gasteiger partial charge in [-0.1, -0.05) is 6.07 Å². The zero-order chi connectivity index (χ0) is 21.4. The molecule has 0 aliphatic rings. The van der Waals surface area contributed by atoms with Crippen LogP contribution in [0.3, 0.4) is 0 Å². The molecule has 0 radical (unpaired) electrons. The van der Waals surface area contributed by atoms with Gasteiger partial charge in [0.1, 0.15) is 0 Å². The molecule has 0 saturated heterocycles. The summed E-state index contributed by atoms with van der Waals surface area (Å²) >= 11 is 0. The maximum absolute atomic E-state index is 5.67. The third kappa shape index (κ3) is 7.07. The minimum absolute atomic E-state index is 0. The highest BCUT2D eigenvalue weighted by molar-refractivity contribution is 14.0. The Labute approximate surface area is 197 Å². The molecule has 0 bridgehead atoms. The molecule has 30 heavy (non-hydrogen) atoms. The first-order valence-electron chi connectivity index (χ1n) is 10.2. The largest absolute Gasteiger partial charge is 0.493 e. The van der Waals surface area contributed by atoms with Crippen LogP contribution >= 0.6 is 24.0 Å². The third-order valence-corrected chi connectivity index (χ3v) is 4.84. The Balaban J connectivity index is 0.00000450. The van der Waals surface area contributed by atoms with Crippen LogP contribution in [0.1, 0.15) is 43.3 Å². The number of nitrogens with one attached hydrogen (secondary N) is 2. The van der Waals surface area contributed by atoms with Gasteiger partial charge in [-0.2, -0.15) is 5.10 Å². The second kappa shape index (κ2) is 12.7. The fraction of sp³-hybridized carbons (Fsp3) is 0.545. The lowest BCUT2D eigenvalue weighted by Crippen LogP contribution is -2.43. The SMILES string of the molecule is CCNC(=NCc1ccc(OC)c(OCC)c1)NC(C)Cc1c(C)nn(C)c1C.I. The highest BCUT2D eigenvalue weighted by atomic mass is 127. The summed E-state index contributed by atoms with van der Waals surface area (Å²) in [6.07, 6.45) is 0.896. The molecule has 0 amide bonds. The first kappa shape index (κ1) is 26.1. The zero-order valence-electron chi connectivity index (χ0n) is 19.2. The molecule has 0 aliphatic carbocycles. The van der Waals surface area contributed by atoms with Crippen molar-refractivity contribution in [3.8, 4) is 11.5 Å². The summed E-state index contributed by atoms with van der Waals surface area (Å²) in [6, 6.07) is 6.15. The summed E-state index contributed by atoms with van der Waals surface area (Å²) in [4.78, 5) is 4.75. The number of hydrogen-bond acceptors (Lipinski definition) is 4. The number of aliphatic imine (C=N–C) groups is 1. The summed E-state index contributed by atoms with van der Waals surface area (Å²) < 4.78 is 13.0. The topological polar surface area (TPSA) is 72.7 Å². The van der Waals surface area contributed by atoms with Crippen molar-refractivity contribution < 1.29 is 9.47 Å². The molecule has 0 saturated carbocycles. The highest BCUT2D eigenvalue weighted by Gasteiger charge is 2.14. The second-order valence-electron chi connectivity index (χ2n) is 7.14. The van der Waals surface area contributed by atoms with Gasteiger partial charge in [0.15, 0.2) is 17.5 Å². The van der Waals surface area contributed by atoms with E-state index in [4.69, 9.17) is 14.5 Å². The van der Waals surface area contributed by atoms with Crippen molar-refractivity contribution in [2.45, 2.75) is 53.6 Å². The smallest absolute Gasteiger partial charge is 0.191 e. The van der Waals surface area contributed by atoms with E-state index in [-0.39, 0.29) is 30.0 Å². The molecule has 0 aliphatic heterocycles. The Morgan fingerprint density at radius 1 is 1.23 bits per heavy atom. The lowest BCUT2D eigenvalue weighted by atomic mass is 10.1. The van der Waals surface area contributed by atoms with Gasteiger partial charge in [-0.15, -0.1) is 24.0 Å². The van der Waals surface area contributed by atoms with E-state index in [9.17, 15) is 0 Å². The van der Waals surface area contributed by atoms with Crippen molar-refractivity contribution in [2.75, 3.05) is 20.3 Å². The van der Waals surface area contributed by atoms with E-state index in [1.165, 1.54) is 11.3 Å². The maximum atomic E-state index is 5.67. The molecule has 8 heteroatoms. The van der Waals surface area contributed by atoms with E-state index in [0.29, 0.717) is 13.2 Å². The van der Waals surface area contributed by atoms with E-state index in [0.717, 1.165) is 41.7 Å². The van der Waals surface area contributed by atoms with Crippen molar-refractivity contribution in [2.24, 2.45) is 12.0 Å². The number of halogens is 1. The Kier molecular flexibility index (Phi) is 11.0. The number of rotatable bonds is 9. The van der Waals surface area contributed by atoms with Crippen LogP contribution in [0.2, 0.25) is 0 Å². The van der Waals surface area contributed by atoms with Crippen LogP contribution in [0.5, 0.6) is 11.5 Å². The highest BCUT2D eigenvalue weighted by Crippen LogP contribution is 2.28. The molecule has 1 heterocycles. The van der Waals surface area contributed by atoms with Crippen LogP contribution in [-0.4, -0.2) is 42.0 Å². The fourth-order valence-corrected chi connectivity index (χ4v) is 3.28. The van der Waals surface area contributed by atoms with Crippen LogP contribution in [0.4, 0.5) is 0 Å². The first-order valence-corrected chi connectivity index (χ1v) is 10.2. The number of benzene rings is 1. The minimum atomic E-state index is 0. The standard InChI is InChI=1S/C22H35N5O2.HI/c1-8-23-22(25-15(3)12-19-16(4)26-27(6)17(19)5)24-14-18-10-11-20(28-7)21(13-18)29-9-2;/h10-11,13,15H,8-9,12,14H2,1-7H3,(H2,23,24,25);1H. The van der Waals surface area contributed by atoms with Gasteiger partial charge in [-0.3, -0.25) is 4.68 Å². The van der Waals surface area contributed by atoms with Crippen molar-refractivity contribution in [3.63, 3.8) is 0 Å². The van der Waals surface area contributed by atoms with Crippen molar-refractivity contribution in [1.82, 2.24) is 20.4 Å². The monoisotopic (exact) mass is 529 g/mol. The Hall–Kier alpha value is -1.97. The van der Waals surface area contributed by atoms with Gasteiger partial charge in [0.25, 0.3) is 0 Å². The lowest BCUT2D eigenvalue weighted by Gasteiger charge is -2.18. The Bertz CT molecular complexity index is 835. The average Bonchev–Trinajstić information content (AvgIpc) is 2.92. The molecule has 0 fully saturated rings. The van der Waals surface area contributed by atoms with E-state index in [1.807, 2.05) is 36.9 Å². The molecular formula is C22H36IN5O2. The molecule has 1 aromatic heterocycles. The maximum Gasteiger partial charge on any atom is 0.191 e. The summed E-state index contributed by atoms with van der Waals surface area (Å²) in [6.45, 7) is 12.3. The summed E-state index contributed by atoms with van der Waals surface area (Å²) in [5, 5.41) is 11.4. The fourth-order valence-electron chi connectivity index (χ4n) is 3.28. The molecule has 7 nitrogen and oxygen atoms in total. The van der Waals surface area contributed by atoms with Gasteiger partial charge in [0, 0.05) is 25.3 Å². The predicted molar refractivity (Wildman–Crippen MR) is 133 cm³/mol. The molecule has 2 aromatic rings. The predicted octanol–water partition coefficient (Wildman–Crippen LogP) is 3.75. The zero-order valence-corrected chi connectivity index (χ0v) is 21.5. The number of guanidine groups is 1. The van der Waals surface area contributed by atoms with E-state index in [1.54, 1.807) is 7.11 Å². The van der Waals surface area contributed by atoms with Crippen LogP contribution in [-0.2, 0) is 20.0 Å². The Morgan fingerprint density at radius 2 is 1.97 bits per heavy atom. The Morgan fingerprint density at radius 3 is 2.53 bits per heavy atom. The summed E-state index contributed by atoms with van der Waals surface area (Å²) in [5.74, 6) is 2.28. The normalized spacial score (nSPS) is 12.2. The van der Waals surface area contributed by atoms with Gasteiger partial charge in [-0.05, 0) is 64.3 Å². The molecule has 168 valence electrons. The van der Waals surface area contributed by atoms with Crippen LogP contribution in [0.15, 0.2) is 23.2 Å². The van der Waals surface area contributed by atoms with Crippen LogP contribution in [0.25, 0.3) is 0 Å². The number of hydrogen-bond donors (Lipinski definition) is 2. The number of nitrogens with zero attached hydrogens (tertiary/aromatic N) is 3. The molecule has 0 spiro atoms. The molecule has 2 N–H and O–H groups in total. The number of methoxy groups -OCH3 is 1. The van der Waals surface area contributed by atoms with E-state index in [2.05, 4.69) is 43.4 Å². The summed E-state index contributed by atoms with van der Waals surface area (Å²) in [5.41, 5.74) is 4.65. The van der Waals surface area contributed by atoms with Gasteiger partial charge >= 0.3 is 0 Å². The quantitative estimate of drug-likeness (QED) is 0.294.